The summed E-state index contributed by atoms with van der Waals surface area (Å²) in [6.45, 7) is 0.395. The second kappa shape index (κ2) is 9.28. The van der Waals surface area contributed by atoms with E-state index in [1.165, 1.54) is 18.2 Å². The van der Waals surface area contributed by atoms with Gasteiger partial charge < -0.3 is 10.6 Å². The molecule has 0 heterocycles. The third-order valence-electron chi connectivity index (χ3n) is 4.02. The summed E-state index contributed by atoms with van der Waals surface area (Å²) < 4.78 is 12.9. The zero-order chi connectivity index (χ0) is 19.8. The fraction of sp³-hybridized carbons (Fsp3) is 0.0435. The molecule has 0 aliphatic rings. The topological polar surface area (TPSA) is 58.2 Å². The van der Waals surface area contributed by atoms with Gasteiger partial charge in [-0.05, 0) is 41.5 Å². The summed E-state index contributed by atoms with van der Waals surface area (Å²) >= 11 is 0. The standard InChI is InChI=1S/C23H19FN2O2/c24-19-13-10-17(11-14-19)12-15-22(27)26-21-9-5-4-8-20(21)23(28)25-16-18-6-2-1-3-7-18/h1-15H,16H2,(H,25,28)(H,26,27)/b15-12+. The molecule has 2 amide bonds. The summed E-state index contributed by atoms with van der Waals surface area (Å²) in [7, 11) is 0. The maximum absolute atomic E-state index is 12.9. The van der Waals surface area contributed by atoms with Gasteiger partial charge in [0.2, 0.25) is 5.91 Å². The Morgan fingerprint density at radius 1 is 0.857 bits per heavy atom. The molecule has 3 rings (SSSR count). The van der Waals surface area contributed by atoms with Crippen LogP contribution in [0.5, 0.6) is 0 Å². The first-order valence-electron chi connectivity index (χ1n) is 8.77. The quantitative estimate of drug-likeness (QED) is 0.628. The fourth-order valence-corrected chi connectivity index (χ4v) is 2.58. The number of rotatable bonds is 6. The van der Waals surface area contributed by atoms with E-state index in [1.54, 1.807) is 42.5 Å². The average molecular weight is 374 g/mol. The van der Waals surface area contributed by atoms with Gasteiger partial charge in [0, 0.05) is 12.6 Å². The van der Waals surface area contributed by atoms with E-state index in [4.69, 9.17) is 0 Å². The Kier molecular flexibility index (Phi) is 6.31. The molecular formula is C23H19FN2O2. The molecule has 3 aromatic rings. The van der Waals surface area contributed by atoms with Gasteiger partial charge in [-0.25, -0.2) is 4.39 Å². The Labute approximate surface area is 162 Å². The predicted molar refractivity (Wildman–Crippen MR) is 108 cm³/mol. The number of amides is 2. The van der Waals surface area contributed by atoms with Crippen LogP contribution in [0.2, 0.25) is 0 Å². The number of halogens is 1. The molecule has 0 aliphatic heterocycles. The molecule has 0 aromatic heterocycles. The highest BCUT2D eigenvalue weighted by Gasteiger charge is 2.12. The first kappa shape index (κ1) is 19.0. The summed E-state index contributed by atoms with van der Waals surface area (Å²) in [6, 6.07) is 22.2. The molecule has 0 bridgehead atoms. The molecule has 0 saturated heterocycles. The van der Waals surface area contributed by atoms with Crippen LogP contribution in [-0.2, 0) is 11.3 Å². The molecular weight excluding hydrogens is 355 g/mol. The number of carbonyl (C=O) groups excluding carboxylic acids is 2. The number of nitrogens with one attached hydrogen (secondary N) is 2. The summed E-state index contributed by atoms with van der Waals surface area (Å²) in [4.78, 5) is 24.7. The SMILES string of the molecule is O=C(/C=C/c1ccc(F)cc1)Nc1ccccc1C(=O)NCc1ccccc1. The lowest BCUT2D eigenvalue weighted by Gasteiger charge is -2.10. The molecule has 0 fully saturated rings. The lowest BCUT2D eigenvalue weighted by Crippen LogP contribution is -2.24. The number of anilines is 1. The van der Waals surface area contributed by atoms with Crippen LogP contribution in [0, 0.1) is 5.82 Å². The van der Waals surface area contributed by atoms with Crippen molar-refractivity contribution in [1.82, 2.24) is 5.32 Å². The molecule has 4 nitrogen and oxygen atoms in total. The Morgan fingerprint density at radius 3 is 2.29 bits per heavy atom. The van der Waals surface area contributed by atoms with Gasteiger partial charge in [-0.3, -0.25) is 9.59 Å². The van der Waals surface area contributed by atoms with Gasteiger partial charge in [-0.15, -0.1) is 0 Å². The lowest BCUT2D eigenvalue weighted by molar-refractivity contribution is -0.111. The van der Waals surface area contributed by atoms with Gasteiger partial charge in [0.05, 0.1) is 11.3 Å². The summed E-state index contributed by atoms with van der Waals surface area (Å²) in [6.07, 6.45) is 2.92. The lowest BCUT2D eigenvalue weighted by atomic mass is 10.1. The van der Waals surface area contributed by atoms with Crippen molar-refractivity contribution in [3.05, 3.63) is 107 Å². The number of hydrogen-bond acceptors (Lipinski definition) is 2. The molecule has 0 unspecified atom stereocenters. The zero-order valence-electron chi connectivity index (χ0n) is 15.1. The number of carbonyl (C=O) groups is 2. The minimum absolute atomic E-state index is 0.276. The van der Waals surface area contributed by atoms with Crippen LogP contribution in [-0.4, -0.2) is 11.8 Å². The molecule has 0 spiro atoms. The monoisotopic (exact) mass is 374 g/mol. The smallest absolute Gasteiger partial charge is 0.253 e. The van der Waals surface area contributed by atoms with Gasteiger partial charge in [-0.2, -0.15) is 0 Å². The van der Waals surface area contributed by atoms with E-state index in [0.717, 1.165) is 5.56 Å². The average Bonchev–Trinajstić information content (AvgIpc) is 2.73. The molecule has 140 valence electrons. The normalized spacial score (nSPS) is 10.6. The van der Waals surface area contributed by atoms with Crippen LogP contribution in [0.25, 0.3) is 6.08 Å². The van der Waals surface area contributed by atoms with E-state index in [1.807, 2.05) is 30.3 Å². The summed E-state index contributed by atoms with van der Waals surface area (Å²) in [5.74, 6) is -0.994. The van der Waals surface area contributed by atoms with Crippen molar-refractivity contribution >= 4 is 23.6 Å². The minimum Gasteiger partial charge on any atom is -0.348 e. The fourth-order valence-electron chi connectivity index (χ4n) is 2.58. The maximum atomic E-state index is 12.9. The largest absolute Gasteiger partial charge is 0.348 e. The second-order valence-electron chi connectivity index (χ2n) is 6.09. The van der Waals surface area contributed by atoms with Crippen LogP contribution in [0.3, 0.4) is 0 Å². The Morgan fingerprint density at radius 2 is 1.54 bits per heavy atom. The van der Waals surface area contributed by atoms with Gasteiger partial charge in [0.15, 0.2) is 0 Å². The first-order chi connectivity index (χ1) is 13.6. The zero-order valence-corrected chi connectivity index (χ0v) is 15.1. The van der Waals surface area contributed by atoms with Crippen molar-refractivity contribution in [2.24, 2.45) is 0 Å². The van der Waals surface area contributed by atoms with Crippen molar-refractivity contribution in [1.29, 1.82) is 0 Å². The van der Waals surface area contributed by atoms with Gasteiger partial charge in [-0.1, -0.05) is 54.6 Å². The second-order valence-corrected chi connectivity index (χ2v) is 6.09. The minimum atomic E-state index is -0.382. The van der Waals surface area contributed by atoms with E-state index in [2.05, 4.69) is 10.6 Å². The van der Waals surface area contributed by atoms with Gasteiger partial charge in [0.1, 0.15) is 5.82 Å². The van der Waals surface area contributed by atoms with Gasteiger partial charge in [0.25, 0.3) is 5.91 Å². The number of para-hydroxylation sites is 1. The number of hydrogen-bond donors (Lipinski definition) is 2. The van der Waals surface area contributed by atoms with Crippen molar-refractivity contribution in [2.75, 3.05) is 5.32 Å². The van der Waals surface area contributed by atoms with E-state index in [0.29, 0.717) is 23.4 Å². The first-order valence-corrected chi connectivity index (χ1v) is 8.77. The molecule has 0 aliphatic carbocycles. The van der Waals surface area contributed by atoms with Crippen molar-refractivity contribution < 1.29 is 14.0 Å². The van der Waals surface area contributed by atoms with E-state index < -0.39 is 0 Å². The van der Waals surface area contributed by atoms with Crippen molar-refractivity contribution in [2.45, 2.75) is 6.54 Å². The van der Waals surface area contributed by atoms with E-state index >= 15 is 0 Å². The summed E-state index contributed by atoms with van der Waals surface area (Å²) in [5.41, 5.74) is 2.48. The molecule has 0 saturated carbocycles. The molecule has 0 radical (unpaired) electrons. The van der Waals surface area contributed by atoms with Crippen molar-refractivity contribution in [3.63, 3.8) is 0 Å². The van der Waals surface area contributed by atoms with Crippen LogP contribution >= 0.6 is 0 Å². The Bertz CT molecular complexity index is 983. The Balaban J connectivity index is 1.65. The van der Waals surface area contributed by atoms with Crippen LogP contribution in [0.1, 0.15) is 21.5 Å². The molecule has 0 atom stereocenters. The van der Waals surface area contributed by atoms with Crippen molar-refractivity contribution in [3.8, 4) is 0 Å². The molecule has 2 N–H and O–H groups in total. The highest BCUT2D eigenvalue weighted by atomic mass is 19.1. The van der Waals surface area contributed by atoms with Crippen LogP contribution in [0.4, 0.5) is 10.1 Å². The van der Waals surface area contributed by atoms with E-state index in [9.17, 15) is 14.0 Å². The Hall–Kier alpha value is -3.73. The highest BCUT2D eigenvalue weighted by Crippen LogP contribution is 2.15. The molecule has 5 heteroatoms. The van der Waals surface area contributed by atoms with Crippen LogP contribution in [0.15, 0.2) is 84.9 Å². The third kappa shape index (κ3) is 5.38. The third-order valence-corrected chi connectivity index (χ3v) is 4.02. The molecule has 28 heavy (non-hydrogen) atoms. The van der Waals surface area contributed by atoms with Crippen LogP contribution < -0.4 is 10.6 Å². The predicted octanol–water partition coefficient (Wildman–Crippen LogP) is 4.41. The molecule has 3 aromatic carbocycles. The van der Waals surface area contributed by atoms with E-state index in [-0.39, 0.29) is 17.6 Å². The summed E-state index contributed by atoms with van der Waals surface area (Å²) in [5, 5.41) is 5.56. The highest BCUT2D eigenvalue weighted by molar-refractivity contribution is 6.07. The number of benzene rings is 3. The maximum Gasteiger partial charge on any atom is 0.253 e. The van der Waals surface area contributed by atoms with Gasteiger partial charge >= 0.3 is 0 Å².